The van der Waals surface area contributed by atoms with Crippen LogP contribution in [-0.2, 0) is 0 Å². The summed E-state index contributed by atoms with van der Waals surface area (Å²) in [5.74, 6) is 3.19. The van der Waals surface area contributed by atoms with Crippen molar-refractivity contribution in [2.24, 2.45) is 0 Å². The molecule has 4 nitrogen and oxygen atoms in total. The van der Waals surface area contributed by atoms with E-state index in [1.165, 1.54) is 0 Å². The lowest BCUT2D eigenvalue weighted by Gasteiger charge is -2.16. The van der Waals surface area contributed by atoms with Gasteiger partial charge in [-0.05, 0) is 47.5 Å². The maximum Gasteiger partial charge on any atom is 0.127 e. The van der Waals surface area contributed by atoms with E-state index in [4.69, 9.17) is 18.9 Å². The summed E-state index contributed by atoms with van der Waals surface area (Å²) in [6.07, 6.45) is 0. The van der Waals surface area contributed by atoms with E-state index in [-0.39, 0.29) is 0 Å². The van der Waals surface area contributed by atoms with Gasteiger partial charge in [0.2, 0.25) is 0 Å². The van der Waals surface area contributed by atoms with Crippen LogP contribution in [0.2, 0.25) is 0 Å². The third-order valence-electron chi connectivity index (χ3n) is 4.32. The van der Waals surface area contributed by atoms with Gasteiger partial charge in [-0.25, -0.2) is 0 Å². The molecule has 0 atom stereocenters. The molecule has 0 radical (unpaired) electrons. The Labute approximate surface area is 153 Å². The van der Waals surface area contributed by atoms with E-state index in [0.717, 1.165) is 45.3 Å². The molecule has 0 aromatic heterocycles. The molecule has 3 aromatic rings. The standard InChI is InChI=1S/C22H22O4/c1-23-17-9-5-15(6-10-17)19-13-22(26-4)20(14-21(19)25-3)16-7-11-18(24-2)12-8-16/h5-14H,1-4H3. The Bertz CT molecular complexity index is 793. The highest BCUT2D eigenvalue weighted by atomic mass is 16.5. The van der Waals surface area contributed by atoms with E-state index in [0.29, 0.717) is 0 Å². The molecule has 134 valence electrons. The van der Waals surface area contributed by atoms with Crippen molar-refractivity contribution >= 4 is 0 Å². The van der Waals surface area contributed by atoms with E-state index >= 15 is 0 Å². The average molecular weight is 350 g/mol. The molecule has 0 aliphatic carbocycles. The average Bonchev–Trinajstić information content (AvgIpc) is 2.73. The molecule has 4 heteroatoms. The fourth-order valence-electron chi connectivity index (χ4n) is 2.89. The van der Waals surface area contributed by atoms with Crippen molar-refractivity contribution in [2.75, 3.05) is 28.4 Å². The highest BCUT2D eigenvalue weighted by Crippen LogP contribution is 2.41. The Balaban J connectivity index is 2.09. The van der Waals surface area contributed by atoms with E-state index < -0.39 is 0 Å². The summed E-state index contributed by atoms with van der Waals surface area (Å²) < 4.78 is 21.8. The molecule has 26 heavy (non-hydrogen) atoms. The first kappa shape index (κ1) is 17.7. The zero-order chi connectivity index (χ0) is 18.5. The van der Waals surface area contributed by atoms with Crippen molar-refractivity contribution in [1.29, 1.82) is 0 Å². The van der Waals surface area contributed by atoms with Crippen LogP contribution < -0.4 is 18.9 Å². The first-order chi connectivity index (χ1) is 12.7. The number of benzene rings is 3. The molecule has 0 fully saturated rings. The van der Waals surface area contributed by atoms with Crippen LogP contribution in [0.5, 0.6) is 23.0 Å². The smallest absolute Gasteiger partial charge is 0.127 e. The highest BCUT2D eigenvalue weighted by Gasteiger charge is 2.14. The Morgan fingerprint density at radius 3 is 1.08 bits per heavy atom. The SMILES string of the molecule is COc1ccc(-c2cc(OC)c(-c3ccc(OC)cc3)cc2OC)cc1. The van der Waals surface area contributed by atoms with Crippen molar-refractivity contribution in [3.05, 3.63) is 60.7 Å². The molecule has 0 amide bonds. The molecule has 0 saturated carbocycles. The maximum atomic E-state index is 5.65. The van der Waals surface area contributed by atoms with Crippen LogP contribution in [0.1, 0.15) is 0 Å². The molecule has 0 aliphatic rings. The van der Waals surface area contributed by atoms with Gasteiger partial charge in [-0.3, -0.25) is 0 Å². The number of ether oxygens (including phenoxy) is 4. The molecule has 0 unspecified atom stereocenters. The Morgan fingerprint density at radius 2 is 0.808 bits per heavy atom. The first-order valence-corrected chi connectivity index (χ1v) is 8.25. The highest BCUT2D eigenvalue weighted by molar-refractivity contribution is 5.81. The third kappa shape index (κ3) is 3.45. The molecular formula is C22H22O4. The maximum absolute atomic E-state index is 5.65. The predicted octanol–water partition coefficient (Wildman–Crippen LogP) is 5.06. The van der Waals surface area contributed by atoms with E-state index in [9.17, 15) is 0 Å². The van der Waals surface area contributed by atoms with Crippen LogP contribution in [-0.4, -0.2) is 28.4 Å². The normalized spacial score (nSPS) is 10.3. The zero-order valence-corrected chi connectivity index (χ0v) is 15.4. The minimum Gasteiger partial charge on any atom is -0.497 e. The lowest BCUT2D eigenvalue weighted by molar-refractivity contribution is 0.405. The predicted molar refractivity (Wildman–Crippen MR) is 104 cm³/mol. The molecule has 0 bridgehead atoms. The number of hydrogen-bond acceptors (Lipinski definition) is 4. The Hall–Kier alpha value is -3.14. The topological polar surface area (TPSA) is 36.9 Å². The minimum absolute atomic E-state index is 0.779. The molecule has 0 N–H and O–H groups in total. The van der Waals surface area contributed by atoms with E-state index in [1.807, 2.05) is 60.7 Å². The molecule has 0 aliphatic heterocycles. The largest absolute Gasteiger partial charge is 0.497 e. The van der Waals surface area contributed by atoms with Crippen LogP contribution in [0.3, 0.4) is 0 Å². The van der Waals surface area contributed by atoms with Gasteiger partial charge in [0, 0.05) is 11.1 Å². The van der Waals surface area contributed by atoms with Gasteiger partial charge in [0.05, 0.1) is 28.4 Å². The molecule has 0 spiro atoms. The summed E-state index contributed by atoms with van der Waals surface area (Å²) in [6, 6.07) is 19.7. The summed E-state index contributed by atoms with van der Waals surface area (Å²) in [6.45, 7) is 0. The van der Waals surface area contributed by atoms with Gasteiger partial charge >= 0.3 is 0 Å². The lowest BCUT2D eigenvalue weighted by atomic mass is 9.97. The Morgan fingerprint density at radius 1 is 0.462 bits per heavy atom. The van der Waals surface area contributed by atoms with Gasteiger partial charge < -0.3 is 18.9 Å². The number of hydrogen-bond donors (Lipinski definition) is 0. The lowest BCUT2D eigenvalue weighted by Crippen LogP contribution is -1.94. The van der Waals surface area contributed by atoms with Gasteiger partial charge in [0.25, 0.3) is 0 Å². The van der Waals surface area contributed by atoms with Crippen LogP contribution in [0.25, 0.3) is 22.3 Å². The van der Waals surface area contributed by atoms with E-state index in [1.54, 1.807) is 28.4 Å². The second kappa shape index (κ2) is 7.83. The Kier molecular flexibility index (Phi) is 5.32. The summed E-state index contributed by atoms with van der Waals surface area (Å²) in [7, 11) is 6.66. The number of rotatable bonds is 6. The molecule has 3 aromatic carbocycles. The van der Waals surface area contributed by atoms with Crippen molar-refractivity contribution in [2.45, 2.75) is 0 Å². The minimum atomic E-state index is 0.779. The molecular weight excluding hydrogens is 328 g/mol. The van der Waals surface area contributed by atoms with Gasteiger partial charge in [-0.1, -0.05) is 24.3 Å². The monoisotopic (exact) mass is 350 g/mol. The van der Waals surface area contributed by atoms with Gasteiger partial charge in [0.15, 0.2) is 0 Å². The van der Waals surface area contributed by atoms with Gasteiger partial charge in [0.1, 0.15) is 23.0 Å². The van der Waals surface area contributed by atoms with E-state index in [2.05, 4.69) is 0 Å². The summed E-state index contributed by atoms with van der Waals surface area (Å²) in [4.78, 5) is 0. The fourth-order valence-corrected chi connectivity index (χ4v) is 2.89. The third-order valence-corrected chi connectivity index (χ3v) is 4.32. The van der Waals surface area contributed by atoms with Crippen molar-refractivity contribution in [3.8, 4) is 45.3 Å². The van der Waals surface area contributed by atoms with Crippen molar-refractivity contribution in [1.82, 2.24) is 0 Å². The summed E-state index contributed by atoms with van der Waals surface area (Å²) in [5, 5.41) is 0. The van der Waals surface area contributed by atoms with Gasteiger partial charge in [-0.15, -0.1) is 0 Å². The second-order valence-corrected chi connectivity index (χ2v) is 5.71. The molecule has 0 saturated heterocycles. The van der Waals surface area contributed by atoms with Crippen molar-refractivity contribution in [3.63, 3.8) is 0 Å². The molecule has 3 rings (SSSR count). The zero-order valence-electron chi connectivity index (χ0n) is 15.4. The van der Waals surface area contributed by atoms with Crippen LogP contribution in [0, 0.1) is 0 Å². The summed E-state index contributed by atoms with van der Waals surface area (Å²) in [5.41, 5.74) is 3.98. The first-order valence-electron chi connectivity index (χ1n) is 8.25. The van der Waals surface area contributed by atoms with Crippen LogP contribution in [0.15, 0.2) is 60.7 Å². The van der Waals surface area contributed by atoms with Gasteiger partial charge in [-0.2, -0.15) is 0 Å². The summed E-state index contributed by atoms with van der Waals surface area (Å²) >= 11 is 0. The second-order valence-electron chi connectivity index (χ2n) is 5.71. The van der Waals surface area contributed by atoms with Crippen LogP contribution in [0.4, 0.5) is 0 Å². The van der Waals surface area contributed by atoms with Crippen molar-refractivity contribution < 1.29 is 18.9 Å². The molecule has 0 heterocycles. The fraction of sp³-hybridized carbons (Fsp3) is 0.182. The number of methoxy groups -OCH3 is 4. The van der Waals surface area contributed by atoms with Crippen LogP contribution >= 0.6 is 0 Å². The quantitative estimate of drug-likeness (QED) is 0.623.